The third kappa shape index (κ3) is 4.99. The van der Waals surface area contributed by atoms with Crippen LogP contribution in [0.4, 0.5) is 5.69 Å². The number of hydrogen-bond acceptors (Lipinski definition) is 6. The molecule has 7 nitrogen and oxygen atoms in total. The van der Waals surface area contributed by atoms with Crippen LogP contribution in [0.2, 0.25) is 0 Å². The van der Waals surface area contributed by atoms with Gasteiger partial charge in [-0.1, -0.05) is 18.9 Å². The van der Waals surface area contributed by atoms with Gasteiger partial charge < -0.3 is 5.32 Å². The van der Waals surface area contributed by atoms with E-state index in [2.05, 4.69) is 21.7 Å². The number of thiophene rings is 1. The number of benzene rings is 1. The van der Waals surface area contributed by atoms with Gasteiger partial charge in [0.2, 0.25) is 15.9 Å². The molecule has 31 heavy (non-hydrogen) atoms. The molecule has 1 N–H and O–H groups in total. The van der Waals surface area contributed by atoms with Crippen LogP contribution >= 0.6 is 11.3 Å². The molecule has 2 fully saturated rings. The topological polar surface area (TPSA) is 86.8 Å². The van der Waals surface area contributed by atoms with Crippen molar-refractivity contribution in [2.24, 2.45) is 0 Å². The normalized spacial score (nSPS) is 20.4. The van der Waals surface area contributed by atoms with E-state index in [0.717, 1.165) is 17.4 Å². The first kappa shape index (κ1) is 22.0. The number of likely N-dealkylation sites (tertiary alicyclic amines) is 1. The molecule has 166 valence electrons. The van der Waals surface area contributed by atoms with Gasteiger partial charge in [0, 0.05) is 23.4 Å². The molecule has 1 unspecified atom stereocenters. The maximum Gasteiger partial charge on any atom is 0.251 e. The summed E-state index contributed by atoms with van der Waals surface area (Å²) < 4.78 is 25.0. The first-order valence-electron chi connectivity index (χ1n) is 10.7. The standard InChI is InChI=1S/C22H27N3O4S2/c26-21-11-15-31(28,29)25(21)18-9-7-17(8-10-18)22(27)23-16-19(20-6-5-14-30-20)24-12-3-1-2-4-13-24/h5-10,14,19H,1-4,11-13,15-16H2,(H,23,27). The summed E-state index contributed by atoms with van der Waals surface area (Å²) in [7, 11) is -3.61. The summed E-state index contributed by atoms with van der Waals surface area (Å²) >= 11 is 1.71. The quantitative estimate of drug-likeness (QED) is 0.714. The Morgan fingerprint density at radius 1 is 1.06 bits per heavy atom. The van der Waals surface area contributed by atoms with Gasteiger partial charge in [0.15, 0.2) is 0 Å². The molecule has 0 aliphatic carbocycles. The molecule has 1 aromatic heterocycles. The second kappa shape index (κ2) is 9.50. The summed E-state index contributed by atoms with van der Waals surface area (Å²) in [6, 6.07) is 10.5. The average Bonchev–Trinajstić information content (AvgIpc) is 3.28. The van der Waals surface area contributed by atoms with Crippen LogP contribution in [0.5, 0.6) is 0 Å². The number of nitrogens with zero attached hydrogens (tertiary/aromatic N) is 2. The largest absolute Gasteiger partial charge is 0.350 e. The smallest absolute Gasteiger partial charge is 0.251 e. The highest BCUT2D eigenvalue weighted by Crippen LogP contribution is 2.28. The van der Waals surface area contributed by atoms with Crippen LogP contribution in [0, 0.1) is 0 Å². The fourth-order valence-electron chi connectivity index (χ4n) is 4.21. The van der Waals surface area contributed by atoms with Crippen LogP contribution in [0.15, 0.2) is 41.8 Å². The molecular weight excluding hydrogens is 434 g/mol. The van der Waals surface area contributed by atoms with E-state index in [0.29, 0.717) is 12.1 Å². The predicted molar refractivity (Wildman–Crippen MR) is 122 cm³/mol. The highest BCUT2D eigenvalue weighted by atomic mass is 32.2. The molecule has 3 heterocycles. The molecule has 2 saturated heterocycles. The van der Waals surface area contributed by atoms with Crippen LogP contribution in [0.3, 0.4) is 0 Å². The first-order chi connectivity index (χ1) is 15.0. The molecule has 4 rings (SSSR count). The number of anilines is 1. The van der Waals surface area contributed by atoms with E-state index in [-0.39, 0.29) is 29.8 Å². The van der Waals surface area contributed by atoms with Crippen LogP contribution < -0.4 is 9.62 Å². The summed E-state index contributed by atoms with van der Waals surface area (Å²) in [6.45, 7) is 2.58. The maximum absolute atomic E-state index is 12.8. The fraction of sp³-hybridized carbons (Fsp3) is 0.455. The minimum Gasteiger partial charge on any atom is -0.350 e. The summed E-state index contributed by atoms with van der Waals surface area (Å²) in [5.74, 6) is -0.818. The van der Waals surface area contributed by atoms with Crippen LogP contribution in [0.25, 0.3) is 0 Å². The lowest BCUT2D eigenvalue weighted by molar-refractivity contribution is -0.116. The zero-order valence-electron chi connectivity index (χ0n) is 17.3. The predicted octanol–water partition coefficient (Wildman–Crippen LogP) is 3.16. The molecule has 2 aliphatic rings. The molecule has 0 spiro atoms. The second-order valence-electron chi connectivity index (χ2n) is 7.96. The van der Waals surface area contributed by atoms with Crippen molar-refractivity contribution < 1.29 is 18.0 Å². The number of carbonyl (C=O) groups is 2. The van der Waals surface area contributed by atoms with Crippen LogP contribution in [0.1, 0.15) is 53.4 Å². The van der Waals surface area contributed by atoms with Crippen molar-refractivity contribution in [3.05, 3.63) is 52.2 Å². The molecule has 0 bridgehead atoms. The van der Waals surface area contributed by atoms with Gasteiger partial charge in [-0.25, -0.2) is 12.7 Å². The number of sulfonamides is 1. The maximum atomic E-state index is 12.8. The van der Waals surface area contributed by atoms with Crippen molar-refractivity contribution in [2.75, 3.05) is 29.7 Å². The SMILES string of the molecule is O=C(NCC(c1cccs1)N1CCCCCC1)c1ccc(N2C(=O)CCS2(=O)=O)cc1. The number of amides is 2. The highest BCUT2D eigenvalue weighted by Gasteiger charge is 2.36. The van der Waals surface area contributed by atoms with Crippen LogP contribution in [-0.2, 0) is 14.8 Å². The van der Waals surface area contributed by atoms with E-state index in [1.54, 1.807) is 23.5 Å². The lowest BCUT2D eigenvalue weighted by Crippen LogP contribution is -2.38. The van der Waals surface area contributed by atoms with E-state index < -0.39 is 15.9 Å². The summed E-state index contributed by atoms with van der Waals surface area (Å²) in [4.78, 5) is 28.4. The van der Waals surface area contributed by atoms with Gasteiger partial charge in [-0.15, -0.1) is 11.3 Å². The van der Waals surface area contributed by atoms with Gasteiger partial charge in [-0.3, -0.25) is 14.5 Å². The first-order valence-corrected chi connectivity index (χ1v) is 13.2. The summed E-state index contributed by atoms with van der Waals surface area (Å²) in [6.07, 6.45) is 4.85. The van der Waals surface area contributed by atoms with E-state index in [1.165, 1.54) is 42.7 Å². The zero-order valence-corrected chi connectivity index (χ0v) is 19.0. The van der Waals surface area contributed by atoms with Crippen LogP contribution in [-0.4, -0.2) is 50.5 Å². The Hall–Kier alpha value is -2.23. The molecule has 0 radical (unpaired) electrons. The van der Waals surface area contributed by atoms with E-state index in [1.807, 2.05) is 6.07 Å². The van der Waals surface area contributed by atoms with Gasteiger partial charge in [-0.2, -0.15) is 0 Å². The molecule has 2 amide bonds. The summed E-state index contributed by atoms with van der Waals surface area (Å²) in [5.41, 5.74) is 0.716. The van der Waals surface area contributed by atoms with E-state index in [4.69, 9.17) is 0 Å². The lowest BCUT2D eigenvalue weighted by atomic mass is 10.1. The molecule has 2 aliphatic heterocycles. The molecule has 1 atom stereocenters. The second-order valence-corrected chi connectivity index (χ2v) is 10.9. The third-order valence-electron chi connectivity index (χ3n) is 5.85. The molecule has 9 heteroatoms. The van der Waals surface area contributed by atoms with Gasteiger partial charge in [0.05, 0.1) is 17.5 Å². The third-order valence-corrected chi connectivity index (χ3v) is 8.52. The molecule has 1 aromatic carbocycles. The molecule has 0 saturated carbocycles. The number of rotatable bonds is 6. The van der Waals surface area contributed by atoms with E-state index >= 15 is 0 Å². The van der Waals surface area contributed by atoms with Gasteiger partial charge in [0.25, 0.3) is 5.91 Å². The van der Waals surface area contributed by atoms with Crippen molar-refractivity contribution in [2.45, 2.75) is 38.1 Å². The Bertz CT molecular complexity index is 1010. The Balaban J connectivity index is 1.44. The summed E-state index contributed by atoms with van der Waals surface area (Å²) in [5, 5.41) is 5.11. The van der Waals surface area contributed by atoms with Gasteiger partial charge in [-0.05, 0) is 61.6 Å². The minimum atomic E-state index is -3.61. The van der Waals surface area contributed by atoms with Crippen molar-refractivity contribution >= 4 is 38.9 Å². The molecular formula is C22H27N3O4S2. The van der Waals surface area contributed by atoms with Crippen molar-refractivity contribution in [1.82, 2.24) is 10.2 Å². The monoisotopic (exact) mass is 461 g/mol. The molecule has 2 aromatic rings. The zero-order chi connectivity index (χ0) is 21.8. The Morgan fingerprint density at radius 2 is 1.77 bits per heavy atom. The number of hydrogen-bond donors (Lipinski definition) is 1. The van der Waals surface area contributed by atoms with Gasteiger partial charge in [0.1, 0.15) is 0 Å². The highest BCUT2D eigenvalue weighted by molar-refractivity contribution is 7.94. The van der Waals surface area contributed by atoms with Crippen molar-refractivity contribution in [3.63, 3.8) is 0 Å². The lowest BCUT2D eigenvalue weighted by Gasteiger charge is -2.30. The fourth-order valence-corrected chi connectivity index (χ4v) is 6.53. The Morgan fingerprint density at radius 3 is 2.35 bits per heavy atom. The Labute approximate surface area is 187 Å². The minimum absolute atomic E-state index is 0.00875. The Kier molecular flexibility index (Phi) is 6.74. The average molecular weight is 462 g/mol. The van der Waals surface area contributed by atoms with E-state index in [9.17, 15) is 18.0 Å². The number of carbonyl (C=O) groups excluding carboxylic acids is 2. The van der Waals surface area contributed by atoms with Crippen molar-refractivity contribution in [3.8, 4) is 0 Å². The number of nitrogens with one attached hydrogen (secondary N) is 1. The van der Waals surface area contributed by atoms with Gasteiger partial charge >= 0.3 is 0 Å². The van der Waals surface area contributed by atoms with Crippen molar-refractivity contribution in [1.29, 1.82) is 0 Å².